The van der Waals surface area contributed by atoms with Gasteiger partial charge in [-0.15, -0.1) is 10.2 Å². The fraction of sp³-hybridized carbons (Fsp3) is 0.375. The lowest BCUT2D eigenvalue weighted by Crippen LogP contribution is -2.45. The number of carbonyl (C=O) groups excluding carboxylic acids is 1. The largest absolute Gasteiger partial charge is 0.411 e. The van der Waals surface area contributed by atoms with E-state index in [0.717, 1.165) is 22.9 Å². The van der Waals surface area contributed by atoms with Crippen molar-refractivity contribution in [1.29, 1.82) is 5.26 Å². The van der Waals surface area contributed by atoms with Gasteiger partial charge in [-0.2, -0.15) is 5.26 Å². The van der Waals surface area contributed by atoms with Crippen molar-refractivity contribution in [2.45, 2.75) is 36.4 Å². The lowest BCUT2D eigenvalue weighted by molar-refractivity contribution is -0.119. The molecule has 1 saturated carbocycles. The number of thioether (sulfide) groups is 1. The van der Waals surface area contributed by atoms with Crippen LogP contribution in [0.3, 0.4) is 0 Å². The number of nitrogens with zero attached hydrogens (tertiary/aromatic N) is 3. The summed E-state index contributed by atoms with van der Waals surface area (Å²) in [6.45, 7) is 0. The number of hydrogen-bond donors (Lipinski definition) is 1. The van der Waals surface area contributed by atoms with Gasteiger partial charge in [0.05, 0.1) is 11.8 Å². The monoisotopic (exact) mass is 406 g/mol. The number of carbonyl (C=O) groups is 1. The van der Waals surface area contributed by atoms with Crippen LogP contribution in [0, 0.1) is 11.3 Å². The highest BCUT2D eigenvalue weighted by atomic mass is 79.9. The summed E-state index contributed by atoms with van der Waals surface area (Å²) >= 11 is 4.54. The van der Waals surface area contributed by atoms with Crippen molar-refractivity contribution in [3.8, 4) is 17.5 Å². The van der Waals surface area contributed by atoms with Crippen molar-refractivity contribution in [1.82, 2.24) is 15.5 Å². The third-order valence-corrected chi connectivity index (χ3v) is 5.22. The smallest absolute Gasteiger partial charge is 0.277 e. The topological polar surface area (TPSA) is 91.8 Å². The first-order chi connectivity index (χ1) is 11.6. The normalized spacial score (nSPS) is 15.8. The maximum absolute atomic E-state index is 12.1. The van der Waals surface area contributed by atoms with E-state index in [0.29, 0.717) is 24.0 Å². The van der Waals surface area contributed by atoms with Crippen molar-refractivity contribution in [3.05, 3.63) is 28.7 Å². The lowest BCUT2D eigenvalue weighted by atomic mass is 10.0. The zero-order valence-corrected chi connectivity index (χ0v) is 15.2. The summed E-state index contributed by atoms with van der Waals surface area (Å²) in [5.41, 5.74) is 0.117. The summed E-state index contributed by atoms with van der Waals surface area (Å²) in [5, 5.41) is 20.4. The molecule has 6 nitrogen and oxygen atoms in total. The number of rotatable bonds is 5. The fourth-order valence-electron chi connectivity index (χ4n) is 2.65. The number of halogens is 1. The third kappa shape index (κ3) is 3.97. The highest BCUT2D eigenvalue weighted by molar-refractivity contribution is 9.10. The predicted octanol–water partition coefficient (Wildman–Crippen LogP) is 3.54. The second-order valence-electron chi connectivity index (χ2n) is 5.62. The Bertz CT molecular complexity index is 763. The Morgan fingerprint density at radius 2 is 2.04 bits per heavy atom. The van der Waals surface area contributed by atoms with Crippen LogP contribution in [0.2, 0.25) is 0 Å². The molecule has 8 heteroatoms. The minimum absolute atomic E-state index is 0.144. The minimum atomic E-state index is -0.699. The van der Waals surface area contributed by atoms with Gasteiger partial charge in [-0.1, -0.05) is 27.7 Å². The predicted molar refractivity (Wildman–Crippen MR) is 93.1 cm³/mol. The molecule has 0 radical (unpaired) electrons. The van der Waals surface area contributed by atoms with Gasteiger partial charge in [-0.25, -0.2) is 0 Å². The van der Waals surface area contributed by atoms with Crippen LogP contribution in [0.5, 0.6) is 0 Å². The zero-order valence-electron chi connectivity index (χ0n) is 12.8. The van der Waals surface area contributed by atoms with Gasteiger partial charge in [-0.3, -0.25) is 4.79 Å². The number of amides is 1. The SMILES string of the molecule is N#CC1(NC(=O)CSc2nnc(-c3ccc(Br)cc3)o2)CCCC1. The van der Waals surface area contributed by atoms with E-state index in [2.05, 4.69) is 37.5 Å². The van der Waals surface area contributed by atoms with Crippen LogP contribution in [0.4, 0.5) is 0 Å². The highest BCUT2D eigenvalue weighted by Crippen LogP contribution is 2.29. The summed E-state index contributed by atoms with van der Waals surface area (Å²) in [5.74, 6) is 0.368. The van der Waals surface area contributed by atoms with Crippen molar-refractivity contribution in [2.24, 2.45) is 0 Å². The molecule has 0 atom stereocenters. The molecule has 0 aliphatic heterocycles. The molecule has 1 aromatic carbocycles. The fourth-order valence-corrected chi connectivity index (χ4v) is 3.48. The lowest BCUT2D eigenvalue weighted by Gasteiger charge is -2.21. The van der Waals surface area contributed by atoms with Crippen molar-refractivity contribution >= 4 is 33.6 Å². The molecule has 1 aromatic heterocycles. The van der Waals surface area contributed by atoms with Gasteiger partial charge in [0.2, 0.25) is 11.8 Å². The number of benzene rings is 1. The van der Waals surface area contributed by atoms with Gasteiger partial charge in [0.15, 0.2) is 0 Å². The summed E-state index contributed by atoms with van der Waals surface area (Å²) in [7, 11) is 0. The Balaban J connectivity index is 1.56. The van der Waals surface area contributed by atoms with E-state index < -0.39 is 5.54 Å². The van der Waals surface area contributed by atoms with Crippen LogP contribution in [-0.2, 0) is 4.79 Å². The maximum atomic E-state index is 12.1. The first-order valence-corrected chi connectivity index (χ1v) is 9.33. The van der Waals surface area contributed by atoms with Crippen LogP contribution in [0.15, 0.2) is 38.4 Å². The van der Waals surface area contributed by atoms with Crippen LogP contribution in [0.1, 0.15) is 25.7 Å². The number of nitriles is 1. The highest BCUT2D eigenvalue weighted by Gasteiger charge is 2.35. The molecule has 1 N–H and O–H groups in total. The Hall–Kier alpha value is -1.85. The van der Waals surface area contributed by atoms with E-state index in [1.165, 1.54) is 11.8 Å². The summed E-state index contributed by atoms with van der Waals surface area (Å²) in [4.78, 5) is 12.1. The molecule has 1 heterocycles. The zero-order chi connectivity index (χ0) is 17.0. The first kappa shape index (κ1) is 17.0. The van der Waals surface area contributed by atoms with E-state index in [-0.39, 0.29) is 11.7 Å². The van der Waals surface area contributed by atoms with Crippen LogP contribution < -0.4 is 5.32 Å². The van der Waals surface area contributed by atoms with Crippen molar-refractivity contribution in [2.75, 3.05) is 5.75 Å². The molecule has 2 aromatic rings. The van der Waals surface area contributed by atoms with E-state index in [4.69, 9.17) is 4.42 Å². The Labute approximate surface area is 152 Å². The second kappa shape index (κ2) is 7.36. The molecule has 0 bridgehead atoms. The summed E-state index contributed by atoms with van der Waals surface area (Å²) in [6, 6.07) is 9.76. The van der Waals surface area contributed by atoms with Crippen molar-refractivity contribution < 1.29 is 9.21 Å². The molecule has 1 aliphatic rings. The molecular weight excluding hydrogens is 392 g/mol. The number of hydrogen-bond acceptors (Lipinski definition) is 6. The quantitative estimate of drug-likeness (QED) is 0.763. The molecule has 1 fully saturated rings. The van der Waals surface area contributed by atoms with E-state index in [1.807, 2.05) is 24.3 Å². The maximum Gasteiger partial charge on any atom is 0.277 e. The average molecular weight is 407 g/mol. The number of nitrogens with one attached hydrogen (secondary N) is 1. The van der Waals surface area contributed by atoms with Gasteiger partial charge in [-0.05, 0) is 49.9 Å². The van der Waals surface area contributed by atoms with E-state index in [1.54, 1.807) is 0 Å². The third-order valence-electron chi connectivity index (χ3n) is 3.87. The van der Waals surface area contributed by atoms with Gasteiger partial charge < -0.3 is 9.73 Å². The Morgan fingerprint density at radius 3 is 2.71 bits per heavy atom. The van der Waals surface area contributed by atoms with Gasteiger partial charge >= 0.3 is 0 Å². The number of aromatic nitrogens is 2. The Kier molecular flexibility index (Phi) is 5.21. The standard InChI is InChI=1S/C16H15BrN4O2S/c17-12-5-3-11(4-6-12)14-20-21-15(23-14)24-9-13(22)19-16(10-18)7-1-2-8-16/h3-6H,1-2,7-9H2,(H,19,22). The van der Waals surface area contributed by atoms with Crippen LogP contribution >= 0.6 is 27.7 Å². The molecule has 0 spiro atoms. The molecule has 0 saturated heterocycles. The molecule has 1 aliphatic carbocycles. The first-order valence-electron chi connectivity index (χ1n) is 7.55. The average Bonchev–Trinajstić information content (AvgIpc) is 3.24. The van der Waals surface area contributed by atoms with E-state index in [9.17, 15) is 10.1 Å². The minimum Gasteiger partial charge on any atom is -0.411 e. The second-order valence-corrected chi connectivity index (χ2v) is 7.46. The van der Waals surface area contributed by atoms with E-state index >= 15 is 0 Å². The van der Waals surface area contributed by atoms with Crippen LogP contribution in [0.25, 0.3) is 11.5 Å². The van der Waals surface area contributed by atoms with Gasteiger partial charge in [0.25, 0.3) is 5.22 Å². The molecule has 24 heavy (non-hydrogen) atoms. The van der Waals surface area contributed by atoms with Gasteiger partial charge in [0, 0.05) is 10.0 Å². The van der Waals surface area contributed by atoms with Crippen LogP contribution in [-0.4, -0.2) is 27.4 Å². The Morgan fingerprint density at radius 1 is 1.33 bits per heavy atom. The summed E-state index contributed by atoms with van der Waals surface area (Å²) < 4.78 is 6.53. The van der Waals surface area contributed by atoms with Crippen molar-refractivity contribution in [3.63, 3.8) is 0 Å². The molecule has 124 valence electrons. The molecule has 3 rings (SSSR count). The molecular formula is C16H15BrN4O2S. The summed E-state index contributed by atoms with van der Waals surface area (Å²) in [6.07, 6.45) is 3.38. The molecule has 1 amide bonds. The van der Waals surface area contributed by atoms with Gasteiger partial charge in [0.1, 0.15) is 5.54 Å². The molecule has 0 unspecified atom stereocenters.